The van der Waals surface area contributed by atoms with Gasteiger partial charge >= 0.3 is 6.03 Å². The molecule has 3 amide bonds. The first-order chi connectivity index (χ1) is 13.4. The summed E-state index contributed by atoms with van der Waals surface area (Å²) in [6.45, 7) is 1.02. The second kappa shape index (κ2) is 7.32. The average molecular weight is 407 g/mol. The van der Waals surface area contributed by atoms with E-state index in [0.29, 0.717) is 24.5 Å². The minimum absolute atomic E-state index is 0.0436. The molecule has 3 unspecified atom stereocenters. The first kappa shape index (κ1) is 19.1. The first-order valence-electron chi connectivity index (χ1n) is 9.19. The van der Waals surface area contributed by atoms with Gasteiger partial charge in [0.25, 0.3) is 5.91 Å². The van der Waals surface area contributed by atoms with Crippen LogP contribution in [0.5, 0.6) is 0 Å². The Hall–Kier alpha value is -2.20. The van der Waals surface area contributed by atoms with E-state index in [1.807, 2.05) is 22.0 Å². The Labute approximate surface area is 168 Å². The fourth-order valence-corrected chi connectivity index (χ4v) is 4.10. The highest BCUT2D eigenvalue weighted by atomic mass is 35.5. The van der Waals surface area contributed by atoms with Crippen molar-refractivity contribution < 1.29 is 14.7 Å². The van der Waals surface area contributed by atoms with Gasteiger partial charge in [-0.3, -0.25) is 20.0 Å². The molecule has 0 aliphatic carbocycles. The maximum absolute atomic E-state index is 12.9. The van der Waals surface area contributed by atoms with E-state index in [4.69, 9.17) is 16.7 Å². The van der Waals surface area contributed by atoms with Gasteiger partial charge in [-0.2, -0.15) is 5.10 Å². The Bertz CT molecular complexity index is 816. The number of likely N-dealkylation sites (N-methyl/N-ethyl adjacent to an activating group) is 2. The Morgan fingerprint density at radius 3 is 2.64 bits per heavy atom. The highest BCUT2D eigenvalue weighted by Gasteiger charge is 2.55. The zero-order valence-corrected chi connectivity index (χ0v) is 16.5. The molecule has 0 saturated carbocycles. The van der Waals surface area contributed by atoms with Crippen LogP contribution in [-0.4, -0.2) is 94.8 Å². The van der Waals surface area contributed by atoms with Crippen molar-refractivity contribution in [1.82, 2.24) is 25.0 Å². The Kier molecular flexibility index (Phi) is 5.00. The third-order valence-electron chi connectivity index (χ3n) is 5.47. The van der Waals surface area contributed by atoms with E-state index in [1.165, 1.54) is 7.05 Å². The number of halogens is 1. The number of aliphatic hydroxyl groups excluding tert-OH is 1. The van der Waals surface area contributed by atoms with Gasteiger partial charge in [-0.25, -0.2) is 9.69 Å². The summed E-state index contributed by atoms with van der Waals surface area (Å²) in [5, 5.41) is 19.9. The molecule has 0 aromatic heterocycles. The summed E-state index contributed by atoms with van der Waals surface area (Å²) in [6, 6.07) is 6.57. The van der Waals surface area contributed by atoms with Gasteiger partial charge in [-0.1, -0.05) is 23.7 Å². The van der Waals surface area contributed by atoms with Gasteiger partial charge in [0.15, 0.2) is 6.29 Å². The van der Waals surface area contributed by atoms with E-state index in [2.05, 4.69) is 5.32 Å². The molecule has 3 aliphatic rings. The monoisotopic (exact) mass is 406 g/mol. The molecule has 0 spiro atoms. The molecule has 2 saturated heterocycles. The molecule has 1 aromatic carbocycles. The number of carbonyl (C=O) groups is 2. The summed E-state index contributed by atoms with van der Waals surface area (Å²) >= 11 is 6.01. The van der Waals surface area contributed by atoms with Gasteiger partial charge in [-0.15, -0.1) is 0 Å². The maximum Gasteiger partial charge on any atom is 0.327 e. The zero-order valence-electron chi connectivity index (χ0n) is 15.7. The smallest absolute Gasteiger partial charge is 0.327 e. The van der Waals surface area contributed by atoms with E-state index in [9.17, 15) is 14.7 Å². The molecule has 2 fully saturated rings. The predicted molar refractivity (Wildman–Crippen MR) is 104 cm³/mol. The average Bonchev–Trinajstić information content (AvgIpc) is 3.09. The molecule has 4 rings (SSSR count). The van der Waals surface area contributed by atoms with Crippen LogP contribution in [0.25, 0.3) is 0 Å². The molecule has 3 atom stereocenters. The third-order valence-corrected chi connectivity index (χ3v) is 5.72. The Morgan fingerprint density at radius 2 is 1.96 bits per heavy atom. The summed E-state index contributed by atoms with van der Waals surface area (Å²) in [4.78, 5) is 30.0. The number of hydrazone groups is 1. The molecular formula is C18H23ClN6O3. The van der Waals surface area contributed by atoms with Gasteiger partial charge in [-0.05, 0) is 24.1 Å². The maximum atomic E-state index is 12.9. The number of amides is 3. The lowest BCUT2D eigenvalue weighted by molar-refractivity contribution is -0.137. The van der Waals surface area contributed by atoms with E-state index in [1.54, 1.807) is 24.1 Å². The molecule has 0 bridgehead atoms. The van der Waals surface area contributed by atoms with Gasteiger partial charge < -0.3 is 10.0 Å². The van der Waals surface area contributed by atoms with Crippen molar-refractivity contribution in [2.75, 3.05) is 33.8 Å². The second-order valence-corrected chi connectivity index (χ2v) is 7.62. The molecule has 0 radical (unpaired) electrons. The summed E-state index contributed by atoms with van der Waals surface area (Å²) in [5.41, 5.74) is 1.73. The lowest BCUT2D eigenvalue weighted by Crippen LogP contribution is -2.65. The highest BCUT2D eigenvalue weighted by Crippen LogP contribution is 2.30. The van der Waals surface area contributed by atoms with Crippen LogP contribution in [0.1, 0.15) is 12.0 Å². The molecular weight excluding hydrogens is 384 g/mol. The topological polar surface area (TPSA) is 91.7 Å². The van der Waals surface area contributed by atoms with Crippen LogP contribution in [-0.2, 0) is 4.79 Å². The van der Waals surface area contributed by atoms with Gasteiger partial charge in [0.1, 0.15) is 12.2 Å². The number of aliphatic hydroxyl groups is 1. The number of benzene rings is 1. The largest absolute Gasteiger partial charge is 0.396 e. The van der Waals surface area contributed by atoms with Crippen molar-refractivity contribution in [2.24, 2.45) is 5.10 Å². The quantitative estimate of drug-likeness (QED) is 0.739. The van der Waals surface area contributed by atoms with Crippen molar-refractivity contribution in [3.05, 3.63) is 34.9 Å². The number of imide groups is 1. The summed E-state index contributed by atoms with van der Waals surface area (Å²) < 4.78 is 0. The standard InChI is InChI=1S/C18H23ClN6O3/c1-22-15-14(16(27)23(2)18(22)28)24-10-13(11-4-6-12(19)7-5-11)21-25(8-3-9-26)17(24)20-15/h4-7,14-15,17,20,26H,3,8-10H2,1-2H3. The number of hydrogen-bond donors (Lipinski definition) is 2. The number of rotatable bonds is 4. The van der Waals surface area contributed by atoms with E-state index < -0.39 is 12.2 Å². The molecule has 2 N–H and O–H groups in total. The fraction of sp³-hybridized carbons (Fsp3) is 0.500. The number of nitrogens with zero attached hydrogens (tertiary/aromatic N) is 5. The van der Waals surface area contributed by atoms with Gasteiger partial charge in [0, 0.05) is 38.8 Å². The van der Waals surface area contributed by atoms with Crippen LogP contribution in [0.3, 0.4) is 0 Å². The number of urea groups is 1. The molecule has 28 heavy (non-hydrogen) atoms. The normalized spacial score (nSPS) is 27.8. The molecule has 150 valence electrons. The third kappa shape index (κ3) is 3.04. The lowest BCUT2D eigenvalue weighted by Gasteiger charge is -2.41. The van der Waals surface area contributed by atoms with Crippen molar-refractivity contribution in [3.63, 3.8) is 0 Å². The van der Waals surface area contributed by atoms with E-state index in [0.717, 1.165) is 16.2 Å². The number of fused-ring (bicyclic) bond motifs is 3. The van der Waals surface area contributed by atoms with Crippen LogP contribution in [0.4, 0.5) is 4.79 Å². The van der Waals surface area contributed by atoms with Gasteiger partial charge in [0.05, 0.1) is 5.71 Å². The second-order valence-electron chi connectivity index (χ2n) is 7.19. The summed E-state index contributed by atoms with van der Waals surface area (Å²) in [6.07, 6.45) is -0.220. The SMILES string of the molecule is CN1C(=O)C2C(NC3N(CCCO)N=C(c4ccc(Cl)cc4)CN23)N(C)C1=O. The first-order valence-corrected chi connectivity index (χ1v) is 9.57. The predicted octanol–water partition coefficient (Wildman–Crippen LogP) is 0.149. The summed E-state index contributed by atoms with van der Waals surface area (Å²) in [5.74, 6) is -0.234. The van der Waals surface area contributed by atoms with Crippen LogP contribution >= 0.6 is 11.6 Å². The molecule has 10 heteroatoms. The molecule has 3 heterocycles. The van der Waals surface area contributed by atoms with Crippen LogP contribution in [0, 0.1) is 0 Å². The minimum atomic E-state index is -0.507. The molecule has 3 aliphatic heterocycles. The van der Waals surface area contributed by atoms with E-state index in [-0.39, 0.29) is 24.8 Å². The van der Waals surface area contributed by atoms with Gasteiger partial charge in [0.2, 0.25) is 0 Å². The van der Waals surface area contributed by atoms with Crippen molar-refractivity contribution in [2.45, 2.75) is 24.9 Å². The van der Waals surface area contributed by atoms with Crippen molar-refractivity contribution in [1.29, 1.82) is 0 Å². The van der Waals surface area contributed by atoms with Crippen LogP contribution in [0.2, 0.25) is 5.02 Å². The molecule has 9 nitrogen and oxygen atoms in total. The van der Waals surface area contributed by atoms with Crippen molar-refractivity contribution >= 4 is 29.3 Å². The number of carbonyl (C=O) groups excluding carboxylic acids is 2. The van der Waals surface area contributed by atoms with Crippen LogP contribution in [0.15, 0.2) is 29.4 Å². The lowest BCUT2D eigenvalue weighted by atomic mass is 10.1. The van der Waals surface area contributed by atoms with Crippen LogP contribution < -0.4 is 5.32 Å². The van der Waals surface area contributed by atoms with Crippen molar-refractivity contribution in [3.8, 4) is 0 Å². The number of nitrogens with one attached hydrogen (secondary N) is 1. The Morgan fingerprint density at radius 1 is 1.25 bits per heavy atom. The fourth-order valence-electron chi connectivity index (χ4n) is 3.97. The highest BCUT2D eigenvalue weighted by molar-refractivity contribution is 6.30. The Balaban J connectivity index is 1.69. The summed E-state index contributed by atoms with van der Waals surface area (Å²) in [7, 11) is 3.19. The minimum Gasteiger partial charge on any atom is -0.396 e. The zero-order chi connectivity index (χ0) is 20.0. The number of hydrogen-bond acceptors (Lipinski definition) is 7. The van der Waals surface area contributed by atoms with E-state index >= 15 is 0 Å². The molecule has 1 aromatic rings.